The van der Waals surface area contributed by atoms with Crippen LogP contribution in [0.4, 0.5) is 5.69 Å². The maximum atomic E-state index is 11.9. The van der Waals surface area contributed by atoms with Crippen molar-refractivity contribution >= 4 is 11.6 Å². The molecule has 1 saturated heterocycles. The molecule has 1 fully saturated rings. The van der Waals surface area contributed by atoms with Gasteiger partial charge in [-0.05, 0) is 12.1 Å². The molecule has 0 spiro atoms. The highest BCUT2D eigenvalue weighted by Crippen LogP contribution is 2.26. The lowest BCUT2D eigenvalue weighted by molar-refractivity contribution is -0.115. The summed E-state index contributed by atoms with van der Waals surface area (Å²) in [6.07, 6.45) is 0.934. The summed E-state index contributed by atoms with van der Waals surface area (Å²) >= 11 is 0. The Hall–Kier alpha value is -1.63. The smallest absolute Gasteiger partial charge is 0.238 e. The van der Waals surface area contributed by atoms with Gasteiger partial charge in [0.25, 0.3) is 0 Å². The van der Waals surface area contributed by atoms with Crippen LogP contribution in [0.15, 0.2) is 24.3 Å². The Labute approximate surface area is 124 Å². The molecule has 116 valence electrons. The van der Waals surface area contributed by atoms with Crippen LogP contribution in [-0.2, 0) is 14.3 Å². The molecule has 21 heavy (non-hydrogen) atoms. The number of carbonyl (C=O) groups is 1. The number of amides is 1. The summed E-state index contributed by atoms with van der Waals surface area (Å²) in [5, 5.41) is 5.85. The van der Waals surface area contributed by atoms with Gasteiger partial charge in [-0.15, -0.1) is 0 Å². The van der Waals surface area contributed by atoms with Crippen LogP contribution in [0, 0.1) is 0 Å². The van der Waals surface area contributed by atoms with Gasteiger partial charge in [0.2, 0.25) is 5.91 Å². The van der Waals surface area contributed by atoms with E-state index in [-0.39, 0.29) is 18.6 Å². The van der Waals surface area contributed by atoms with Gasteiger partial charge in [0.15, 0.2) is 0 Å². The molecule has 2 N–H and O–H groups in total. The van der Waals surface area contributed by atoms with Crippen molar-refractivity contribution in [1.82, 2.24) is 5.32 Å². The molecule has 1 aliphatic rings. The molecule has 2 rings (SSSR count). The highest BCUT2D eigenvalue weighted by molar-refractivity contribution is 5.93. The highest BCUT2D eigenvalue weighted by Gasteiger charge is 2.18. The number of benzene rings is 1. The van der Waals surface area contributed by atoms with Crippen LogP contribution in [0.2, 0.25) is 0 Å². The average Bonchev–Trinajstić information content (AvgIpc) is 2.99. The molecule has 6 heteroatoms. The molecule has 0 radical (unpaired) electrons. The minimum Gasteiger partial charge on any atom is -0.486 e. The van der Waals surface area contributed by atoms with E-state index in [4.69, 9.17) is 14.2 Å². The van der Waals surface area contributed by atoms with E-state index in [0.717, 1.165) is 13.0 Å². The van der Waals surface area contributed by atoms with Gasteiger partial charge in [-0.25, -0.2) is 0 Å². The Morgan fingerprint density at radius 1 is 1.43 bits per heavy atom. The minimum atomic E-state index is -0.107. The summed E-state index contributed by atoms with van der Waals surface area (Å²) in [6.45, 7) is 2.78. The van der Waals surface area contributed by atoms with E-state index in [1.807, 2.05) is 24.3 Å². The molecule has 1 amide bonds. The summed E-state index contributed by atoms with van der Waals surface area (Å²) in [7, 11) is 1.63. The number of rotatable bonds is 8. The number of nitrogens with one attached hydrogen (secondary N) is 2. The molecule has 1 atom stereocenters. The zero-order valence-electron chi connectivity index (χ0n) is 12.3. The number of methoxy groups -OCH3 is 1. The third-order valence-electron chi connectivity index (χ3n) is 3.11. The maximum absolute atomic E-state index is 11.9. The van der Waals surface area contributed by atoms with Gasteiger partial charge in [-0.3, -0.25) is 4.79 Å². The predicted octanol–water partition coefficient (Wildman–Crippen LogP) is 1.03. The topological polar surface area (TPSA) is 68.8 Å². The average molecular weight is 294 g/mol. The highest BCUT2D eigenvalue weighted by atomic mass is 16.5. The van der Waals surface area contributed by atoms with Gasteiger partial charge in [0.05, 0.1) is 32.1 Å². The van der Waals surface area contributed by atoms with Gasteiger partial charge in [0.1, 0.15) is 11.9 Å². The summed E-state index contributed by atoms with van der Waals surface area (Å²) in [5.41, 5.74) is 0.683. The second-order valence-corrected chi connectivity index (χ2v) is 4.82. The molecular weight excluding hydrogens is 272 g/mol. The molecule has 0 saturated carbocycles. The van der Waals surface area contributed by atoms with Crippen LogP contribution in [0.5, 0.6) is 5.75 Å². The molecule has 1 aromatic carbocycles. The fourth-order valence-electron chi connectivity index (χ4n) is 2.03. The van der Waals surface area contributed by atoms with Crippen LogP contribution in [0.1, 0.15) is 6.42 Å². The van der Waals surface area contributed by atoms with Crippen molar-refractivity contribution in [3.8, 4) is 5.75 Å². The Morgan fingerprint density at radius 2 is 2.29 bits per heavy atom. The summed E-state index contributed by atoms with van der Waals surface area (Å²) < 4.78 is 16.1. The van der Waals surface area contributed by atoms with Gasteiger partial charge in [-0.2, -0.15) is 0 Å². The molecule has 1 aromatic rings. The van der Waals surface area contributed by atoms with E-state index < -0.39 is 0 Å². The Balaban J connectivity index is 1.85. The predicted molar refractivity (Wildman–Crippen MR) is 79.7 cm³/mol. The minimum absolute atomic E-state index is 0.0582. The lowest BCUT2D eigenvalue weighted by atomic mass is 10.2. The second-order valence-electron chi connectivity index (χ2n) is 4.82. The molecule has 1 unspecified atom stereocenters. The van der Waals surface area contributed by atoms with Crippen molar-refractivity contribution in [1.29, 1.82) is 0 Å². The van der Waals surface area contributed by atoms with E-state index in [2.05, 4.69) is 10.6 Å². The Bertz CT molecular complexity index is 447. The van der Waals surface area contributed by atoms with E-state index in [1.165, 1.54) is 0 Å². The number of hydrogen-bond donors (Lipinski definition) is 2. The van der Waals surface area contributed by atoms with Crippen LogP contribution < -0.4 is 15.4 Å². The molecule has 6 nitrogen and oxygen atoms in total. The van der Waals surface area contributed by atoms with Crippen LogP contribution in [0.3, 0.4) is 0 Å². The van der Waals surface area contributed by atoms with Gasteiger partial charge >= 0.3 is 0 Å². The fourth-order valence-corrected chi connectivity index (χ4v) is 2.03. The van der Waals surface area contributed by atoms with E-state index >= 15 is 0 Å². The number of hydrogen-bond acceptors (Lipinski definition) is 5. The van der Waals surface area contributed by atoms with E-state index in [1.54, 1.807) is 7.11 Å². The van der Waals surface area contributed by atoms with Gasteiger partial charge < -0.3 is 24.8 Å². The SMILES string of the molecule is COCCNCC(=O)Nc1ccccc1OC1CCOC1. The first-order valence-electron chi connectivity index (χ1n) is 7.12. The summed E-state index contributed by atoms with van der Waals surface area (Å²) in [6, 6.07) is 7.44. The molecule has 1 heterocycles. The number of carbonyl (C=O) groups excluding carboxylic acids is 1. The third-order valence-corrected chi connectivity index (χ3v) is 3.11. The maximum Gasteiger partial charge on any atom is 0.238 e. The standard InChI is InChI=1S/C15H22N2O4/c1-19-9-7-16-10-15(18)17-13-4-2-3-5-14(13)21-12-6-8-20-11-12/h2-5,12,16H,6-11H2,1H3,(H,17,18). The molecular formula is C15H22N2O4. The first-order valence-corrected chi connectivity index (χ1v) is 7.12. The van der Waals surface area contributed by atoms with Crippen molar-refractivity contribution in [2.75, 3.05) is 45.3 Å². The summed E-state index contributed by atoms with van der Waals surface area (Å²) in [4.78, 5) is 11.9. The number of ether oxygens (including phenoxy) is 3. The number of para-hydroxylation sites is 2. The first kappa shape index (κ1) is 15.8. The third kappa shape index (κ3) is 5.34. The second kappa shape index (κ2) is 8.61. The van der Waals surface area contributed by atoms with Crippen LogP contribution in [-0.4, -0.2) is 52.0 Å². The van der Waals surface area contributed by atoms with Gasteiger partial charge in [0, 0.05) is 20.1 Å². The van der Waals surface area contributed by atoms with Crippen LogP contribution in [0.25, 0.3) is 0 Å². The van der Waals surface area contributed by atoms with Crippen molar-refractivity contribution in [2.45, 2.75) is 12.5 Å². The zero-order valence-corrected chi connectivity index (χ0v) is 12.3. The number of anilines is 1. The first-order chi connectivity index (χ1) is 10.3. The fraction of sp³-hybridized carbons (Fsp3) is 0.533. The zero-order chi connectivity index (χ0) is 14.9. The lowest BCUT2D eigenvalue weighted by Gasteiger charge is -2.16. The monoisotopic (exact) mass is 294 g/mol. The van der Waals surface area contributed by atoms with Crippen molar-refractivity contribution in [2.24, 2.45) is 0 Å². The Kier molecular flexibility index (Phi) is 6.46. The lowest BCUT2D eigenvalue weighted by Crippen LogP contribution is -2.30. The van der Waals surface area contributed by atoms with Gasteiger partial charge in [-0.1, -0.05) is 12.1 Å². The quantitative estimate of drug-likeness (QED) is 0.701. The van der Waals surface area contributed by atoms with E-state index in [0.29, 0.717) is 31.2 Å². The molecule has 0 bridgehead atoms. The van der Waals surface area contributed by atoms with Crippen molar-refractivity contribution < 1.29 is 19.0 Å². The van der Waals surface area contributed by atoms with Crippen LogP contribution >= 0.6 is 0 Å². The Morgan fingerprint density at radius 3 is 3.05 bits per heavy atom. The normalized spacial score (nSPS) is 17.7. The summed E-state index contributed by atoms with van der Waals surface area (Å²) in [5.74, 6) is 0.572. The van der Waals surface area contributed by atoms with Crippen molar-refractivity contribution in [3.63, 3.8) is 0 Å². The molecule has 1 aliphatic heterocycles. The van der Waals surface area contributed by atoms with Crippen molar-refractivity contribution in [3.05, 3.63) is 24.3 Å². The molecule has 0 aliphatic carbocycles. The largest absolute Gasteiger partial charge is 0.486 e. The molecule has 0 aromatic heterocycles. The van der Waals surface area contributed by atoms with E-state index in [9.17, 15) is 4.79 Å².